The van der Waals surface area contributed by atoms with E-state index in [-0.39, 0.29) is 25.9 Å². The van der Waals surface area contributed by atoms with Gasteiger partial charge in [-0.25, -0.2) is 0 Å². The van der Waals surface area contributed by atoms with Crippen molar-refractivity contribution in [1.29, 1.82) is 0 Å². The van der Waals surface area contributed by atoms with Gasteiger partial charge >= 0.3 is 0 Å². The number of nitrogens with zero attached hydrogens (tertiary/aromatic N) is 2. The molecule has 4 unspecified atom stereocenters. The number of amides is 9. The molecule has 3 aliphatic rings. The first kappa shape index (κ1) is 59.5. The second-order valence-electron chi connectivity index (χ2n) is 21.6. The van der Waals surface area contributed by atoms with Crippen LogP contribution in [0.5, 0.6) is 0 Å². The molecule has 18 nitrogen and oxygen atoms in total. The highest BCUT2D eigenvalue weighted by molar-refractivity contribution is 6.00. The third-order valence-corrected chi connectivity index (χ3v) is 15.9. The zero-order valence-corrected chi connectivity index (χ0v) is 45.9. The van der Waals surface area contributed by atoms with Crippen LogP contribution >= 0.6 is 0 Å². The number of benzene rings is 2. The van der Waals surface area contributed by atoms with Gasteiger partial charge in [0.25, 0.3) is 0 Å². The molecule has 3 aliphatic heterocycles. The summed E-state index contributed by atoms with van der Waals surface area (Å²) in [4.78, 5) is 135. The Hall–Kier alpha value is -6.33. The van der Waals surface area contributed by atoms with Gasteiger partial charge in [0, 0.05) is 25.9 Å². The molecule has 5 rings (SSSR count). The van der Waals surface area contributed by atoms with Crippen molar-refractivity contribution in [1.82, 2.24) is 47.0 Å². The fraction of sp³-hybridized carbons (Fsp3) is 0.632. The van der Waals surface area contributed by atoms with Crippen LogP contribution in [0.2, 0.25) is 0 Å². The highest BCUT2D eigenvalue weighted by Gasteiger charge is 2.46. The standard InChI is InChI=1S/C57H85N9O9/c1-11-34(7)45-53(71)63-47(36(9)13-3)55(73)64-48(37(10)14-4)54(72)62-46(35(8)12-2)52(70)60-44(33(5)6)57(75)66-30-22-28-43(66)56(74)65-29-21-27-42(65)51(69)59-40(31-38-23-17-15-18-24-38)49(67)58-41(50(68)61-45)32-39-25-19-16-20-26-39/h15-20,23-26,33-37,40-48H,11-14,21-22,27-32H2,1-10H3,(H,58,67)(H,59,69)(H,60,70)(H,61,68)(H,62,72)(H,63,71)(H,64,73)/t34?,35?,36?,37?,40-,41+,42-,43-,44-,45-,46+,47-,48-/m0/s1. The summed E-state index contributed by atoms with van der Waals surface area (Å²) in [6, 6.07) is 8.15. The minimum Gasteiger partial charge on any atom is -0.342 e. The summed E-state index contributed by atoms with van der Waals surface area (Å²) in [5.41, 5.74) is 1.44. The summed E-state index contributed by atoms with van der Waals surface area (Å²) >= 11 is 0. The summed E-state index contributed by atoms with van der Waals surface area (Å²) in [6.07, 6.45) is 3.57. The van der Waals surface area contributed by atoms with E-state index in [1.165, 1.54) is 9.80 Å². The first-order valence-corrected chi connectivity index (χ1v) is 27.6. The molecule has 75 heavy (non-hydrogen) atoms. The monoisotopic (exact) mass is 1040 g/mol. The van der Waals surface area contributed by atoms with Crippen LogP contribution in [0.25, 0.3) is 0 Å². The van der Waals surface area contributed by atoms with Gasteiger partial charge in [0.2, 0.25) is 53.2 Å². The maximum absolute atomic E-state index is 14.8. The molecule has 3 saturated heterocycles. The second-order valence-corrected chi connectivity index (χ2v) is 21.6. The number of rotatable bonds is 13. The van der Waals surface area contributed by atoms with E-state index in [2.05, 4.69) is 37.2 Å². The third-order valence-electron chi connectivity index (χ3n) is 15.9. The highest BCUT2D eigenvalue weighted by atomic mass is 16.2. The van der Waals surface area contributed by atoms with Crippen molar-refractivity contribution in [3.05, 3.63) is 71.8 Å². The number of carbonyl (C=O) groups is 9. The second kappa shape index (κ2) is 28.0. The maximum atomic E-state index is 14.8. The van der Waals surface area contributed by atoms with Crippen LogP contribution in [0.3, 0.4) is 0 Å². The van der Waals surface area contributed by atoms with E-state index in [0.29, 0.717) is 56.9 Å². The zero-order valence-electron chi connectivity index (χ0n) is 45.9. The largest absolute Gasteiger partial charge is 0.342 e. The number of carbonyl (C=O) groups excluding carboxylic acids is 9. The molecule has 3 heterocycles. The summed E-state index contributed by atoms with van der Waals surface area (Å²) < 4.78 is 0. The number of hydrogen-bond acceptors (Lipinski definition) is 9. The molecule has 0 saturated carbocycles. The maximum Gasteiger partial charge on any atom is 0.246 e. The van der Waals surface area contributed by atoms with Gasteiger partial charge in [-0.3, -0.25) is 43.2 Å². The van der Waals surface area contributed by atoms with E-state index in [9.17, 15) is 43.2 Å². The molecule has 412 valence electrons. The lowest BCUT2D eigenvalue weighted by molar-refractivity contribution is -0.148. The van der Waals surface area contributed by atoms with Crippen molar-refractivity contribution in [3.63, 3.8) is 0 Å². The average Bonchev–Trinajstić information content (AvgIpc) is 4.12. The van der Waals surface area contributed by atoms with Gasteiger partial charge in [-0.1, -0.05) is 156 Å². The van der Waals surface area contributed by atoms with Crippen LogP contribution in [0.15, 0.2) is 60.7 Å². The predicted molar refractivity (Wildman–Crippen MR) is 286 cm³/mol. The van der Waals surface area contributed by atoms with Crippen molar-refractivity contribution in [2.75, 3.05) is 13.1 Å². The van der Waals surface area contributed by atoms with E-state index >= 15 is 0 Å². The Balaban J connectivity index is 1.61. The average molecular weight is 1040 g/mol. The first-order valence-electron chi connectivity index (χ1n) is 27.6. The minimum absolute atomic E-state index is 0.0222. The number of nitrogens with one attached hydrogen (secondary N) is 7. The SMILES string of the molecule is CCC(C)[C@@H]1NC(=O)[C@H](C(C)CC)NC(=O)[C@@H](Cc2ccccc2)NC(=O)[C@H](Cc2ccccc2)NC(=O)[C@@H]2CCCN2C(=O)[C@@H]2CCCN2C(=O)[C@H](C(C)C)NC(=O)[C@@H](C(C)CC)NC(=O)[C@H](C(C)CC)NC1=O. The lowest BCUT2D eigenvalue weighted by atomic mass is 9.92. The molecule has 3 fully saturated rings. The van der Waals surface area contributed by atoms with Crippen molar-refractivity contribution in [2.24, 2.45) is 29.6 Å². The molecule has 7 N–H and O–H groups in total. The molecule has 2 aromatic rings. The fourth-order valence-corrected chi connectivity index (χ4v) is 10.2. The Labute approximate surface area is 444 Å². The smallest absolute Gasteiger partial charge is 0.246 e. The van der Waals surface area contributed by atoms with E-state index in [0.717, 1.165) is 5.56 Å². The third kappa shape index (κ3) is 15.4. The van der Waals surface area contributed by atoms with E-state index in [1.54, 1.807) is 34.6 Å². The van der Waals surface area contributed by atoms with Gasteiger partial charge in [-0.15, -0.1) is 0 Å². The molecule has 0 aliphatic carbocycles. The van der Waals surface area contributed by atoms with E-state index in [4.69, 9.17) is 0 Å². The summed E-state index contributed by atoms with van der Waals surface area (Å²) in [5.74, 6) is -7.43. The van der Waals surface area contributed by atoms with E-state index in [1.807, 2.05) is 95.3 Å². The topological polar surface area (TPSA) is 244 Å². The Morgan fingerprint density at radius 2 is 0.720 bits per heavy atom. The quantitative estimate of drug-likeness (QED) is 0.155. The van der Waals surface area contributed by atoms with Crippen molar-refractivity contribution >= 4 is 53.2 Å². The van der Waals surface area contributed by atoms with Crippen LogP contribution in [0.4, 0.5) is 0 Å². The van der Waals surface area contributed by atoms with Crippen molar-refractivity contribution in [3.8, 4) is 0 Å². The molecular formula is C57H85N9O9. The Kier molecular flexibility index (Phi) is 22.2. The molecule has 2 aromatic carbocycles. The van der Waals surface area contributed by atoms with Gasteiger partial charge < -0.3 is 47.0 Å². The van der Waals surface area contributed by atoms with Crippen LogP contribution in [-0.4, -0.2) is 130 Å². The number of hydrogen-bond donors (Lipinski definition) is 7. The molecule has 13 atom stereocenters. The molecule has 0 radical (unpaired) electrons. The summed E-state index contributed by atoms with van der Waals surface area (Å²) in [6.45, 7) is 18.8. The Morgan fingerprint density at radius 1 is 0.400 bits per heavy atom. The van der Waals surface area contributed by atoms with Crippen LogP contribution in [0, 0.1) is 29.6 Å². The molecule has 9 amide bonds. The predicted octanol–water partition coefficient (Wildman–Crippen LogP) is 3.70. The fourth-order valence-electron chi connectivity index (χ4n) is 10.2. The molecular weight excluding hydrogens is 955 g/mol. The van der Waals surface area contributed by atoms with Gasteiger partial charge in [-0.2, -0.15) is 0 Å². The lowest BCUT2D eigenvalue weighted by Gasteiger charge is -2.35. The zero-order chi connectivity index (χ0) is 55.1. The summed E-state index contributed by atoms with van der Waals surface area (Å²) in [7, 11) is 0. The van der Waals surface area contributed by atoms with Crippen molar-refractivity contribution < 1.29 is 43.2 Å². The van der Waals surface area contributed by atoms with Gasteiger partial charge in [0.1, 0.15) is 54.4 Å². The van der Waals surface area contributed by atoms with Gasteiger partial charge in [0.05, 0.1) is 0 Å². The van der Waals surface area contributed by atoms with Crippen LogP contribution < -0.4 is 37.2 Å². The Bertz CT molecular complexity index is 2300. The minimum atomic E-state index is -1.24. The molecule has 18 heteroatoms. The van der Waals surface area contributed by atoms with Crippen molar-refractivity contribution in [2.45, 2.75) is 188 Å². The highest BCUT2D eigenvalue weighted by Crippen LogP contribution is 2.27. The number of fused-ring (bicyclic) bond motifs is 2. The molecule has 0 aromatic heterocycles. The lowest BCUT2D eigenvalue weighted by Crippen LogP contribution is -2.63. The van der Waals surface area contributed by atoms with Gasteiger partial charge in [-0.05, 0) is 66.4 Å². The summed E-state index contributed by atoms with van der Waals surface area (Å²) in [5, 5.41) is 20.4. The molecule has 0 spiro atoms. The Morgan fingerprint density at radius 3 is 1.09 bits per heavy atom. The van der Waals surface area contributed by atoms with Crippen LogP contribution in [0.1, 0.15) is 132 Å². The van der Waals surface area contributed by atoms with E-state index < -0.39 is 137 Å². The van der Waals surface area contributed by atoms with Gasteiger partial charge in [0.15, 0.2) is 0 Å². The molecule has 0 bridgehead atoms. The van der Waals surface area contributed by atoms with Crippen LogP contribution in [-0.2, 0) is 56.0 Å². The normalized spacial score (nSPS) is 28.0. The first-order chi connectivity index (χ1) is 35.7.